The number of aryl methyl sites for hydroxylation is 1. The van der Waals surface area contributed by atoms with Crippen molar-refractivity contribution in [2.24, 2.45) is 5.92 Å². The smallest absolute Gasteiger partial charge is 0.201 e. The molecule has 0 unspecified atom stereocenters. The molecule has 3 nitrogen and oxygen atoms in total. The fraction of sp³-hybridized carbons (Fsp3) is 0.419. The number of hydrogen-bond donors (Lipinski definition) is 0. The summed E-state index contributed by atoms with van der Waals surface area (Å²) in [5.41, 5.74) is 1.24. The van der Waals surface area contributed by atoms with Crippen LogP contribution in [0.25, 0.3) is 22.3 Å². The van der Waals surface area contributed by atoms with E-state index in [0.717, 1.165) is 12.8 Å². The highest BCUT2D eigenvalue weighted by atomic mass is 19.2. The van der Waals surface area contributed by atoms with Crippen molar-refractivity contribution in [3.05, 3.63) is 77.4 Å². The van der Waals surface area contributed by atoms with Crippen LogP contribution in [-0.2, 0) is 15.9 Å². The maximum Gasteiger partial charge on any atom is 0.201 e. The lowest BCUT2D eigenvalue weighted by atomic mass is 9.97. The zero-order valence-corrected chi connectivity index (χ0v) is 21.9. The van der Waals surface area contributed by atoms with Crippen molar-refractivity contribution >= 4 is 0 Å². The molecular formula is C31H34F4O3. The van der Waals surface area contributed by atoms with Gasteiger partial charge >= 0.3 is 0 Å². The third-order valence-corrected chi connectivity index (χ3v) is 6.92. The molecule has 3 aromatic carbocycles. The maximum absolute atomic E-state index is 15.0. The first-order valence-corrected chi connectivity index (χ1v) is 13.3. The zero-order chi connectivity index (χ0) is 27.1. The minimum atomic E-state index is -1.06. The first kappa shape index (κ1) is 28.1. The lowest BCUT2D eigenvalue weighted by Crippen LogP contribution is -2.32. The van der Waals surface area contributed by atoms with E-state index in [-0.39, 0.29) is 35.5 Å². The molecule has 0 atom stereocenters. The molecule has 3 aromatic rings. The second-order valence-corrected chi connectivity index (χ2v) is 9.65. The Morgan fingerprint density at radius 2 is 1.32 bits per heavy atom. The first-order chi connectivity index (χ1) is 18.4. The van der Waals surface area contributed by atoms with Gasteiger partial charge in [-0.05, 0) is 48.6 Å². The number of rotatable bonds is 11. The van der Waals surface area contributed by atoms with Gasteiger partial charge in [0.15, 0.2) is 29.5 Å². The molecule has 0 aliphatic carbocycles. The third kappa shape index (κ3) is 6.56. The van der Waals surface area contributed by atoms with Crippen molar-refractivity contribution in [3.63, 3.8) is 0 Å². The molecule has 0 spiro atoms. The standard InChI is InChI=1S/C31H34F4O3/c1-3-5-6-7-20-18-37-27(38-19-20)17-13-23-12-14-24(29(33)28(23)32)21-8-10-22(11-9-21)25-15-16-26(36-4-2)31(35)30(25)34/h8-12,14-16,20,27H,3-7,13,17-19H2,1-2H3. The molecule has 1 saturated heterocycles. The molecule has 1 aliphatic heterocycles. The molecule has 1 fully saturated rings. The number of halogens is 4. The second-order valence-electron chi connectivity index (χ2n) is 9.65. The Hall–Kier alpha value is -2.90. The summed E-state index contributed by atoms with van der Waals surface area (Å²) in [6.07, 6.45) is 4.93. The van der Waals surface area contributed by atoms with Crippen LogP contribution >= 0.6 is 0 Å². The summed E-state index contributed by atoms with van der Waals surface area (Å²) in [4.78, 5) is 0. The number of benzene rings is 3. The Kier molecular flexibility index (Phi) is 9.80. The molecule has 0 radical (unpaired) electrons. The Morgan fingerprint density at radius 1 is 0.711 bits per heavy atom. The molecule has 204 valence electrons. The summed E-state index contributed by atoms with van der Waals surface area (Å²) in [6, 6.07) is 12.1. The van der Waals surface area contributed by atoms with Crippen molar-refractivity contribution in [2.45, 2.75) is 58.7 Å². The van der Waals surface area contributed by atoms with E-state index in [1.807, 2.05) is 0 Å². The second kappa shape index (κ2) is 13.3. The van der Waals surface area contributed by atoms with Gasteiger partial charge in [0.2, 0.25) is 5.82 Å². The topological polar surface area (TPSA) is 27.7 Å². The van der Waals surface area contributed by atoms with E-state index >= 15 is 4.39 Å². The average Bonchev–Trinajstić information content (AvgIpc) is 2.93. The summed E-state index contributed by atoms with van der Waals surface area (Å²) < 4.78 is 75.4. The highest BCUT2D eigenvalue weighted by molar-refractivity contribution is 5.71. The number of unbranched alkanes of at least 4 members (excludes halogenated alkanes) is 2. The van der Waals surface area contributed by atoms with Gasteiger partial charge in [-0.1, -0.05) is 62.6 Å². The molecule has 4 rings (SSSR count). The Labute approximate surface area is 221 Å². The monoisotopic (exact) mass is 530 g/mol. The van der Waals surface area contributed by atoms with E-state index < -0.39 is 29.6 Å². The highest BCUT2D eigenvalue weighted by Crippen LogP contribution is 2.33. The fourth-order valence-corrected chi connectivity index (χ4v) is 4.73. The predicted molar refractivity (Wildman–Crippen MR) is 140 cm³/mol. The van der Waals surface area contributed by atoms with Crippen molar-refractivity contribution < 1.29 is 31.8 Å². The summed E-state index contributed by atoms with van der Waals surface area (Å²) in [6.45, 7) is 5.33. The summed E-state index contributed by atoms with van der Waals surface area (Å²) in [5.74, 6) is -3.70. The third-order valence-electron chi connectivity index (χ3n) is 6.92. The minimum Gasteiger partial charge on any atom is -0.491 e. The molecule has 0 aromatic heterocycles. The van der Waals surface area contributed by atoms with E-state index in [1.54, 1.807) is 37.3 Å². The van der Waals surface area contributed by atoms with Crippen LogP contribution in [-0.4, -0.2) is 26.1 Å². The van der Waals surface area contributed by atoms with Crippen LogP contribution in [0, 0.1) is 29.2 Å². The van der Waals surface area contributed by atoms with Crippen molar-refractivity contribution in [1.29, 1.82) is 0 Å². The Bertz CT molecular complexity index is 1200. The molecule has 1 aliphatic rings. The largest absolute Gasteiger partial charge is 0.491 e. The zero-order valence-electron chi connectivity index (χ0n) is 21.9. The van der Waals surface area contributed by atoms with Gasteiger partial charge in [-0.25, -0.2) is 13.2 Å². The highest BCUT2D eigenvalue weighted by Gasteiger charge is 2.23. The maximum atomic E-state index is 15.0. The molecule has 38 heavy (non-hydrogen) atoms. The van der Waals surface area contributed by atoms with Crippen LogP contribution in [0.5, 0.6) is 5.75 Å². The Morgan fingerprint density at radius 3 is 1.92 bits per heavy atom. The molecule has 0 bridgehead atoms. The first-order valence-electron chi connectivity index (χ1n) is 13.3. The normalized spacial score (nSPS) is 17.5. The van der Waals surface area contributed by atoms with E-state index in [1.165, 1.54) is 31.0 Å². The van der Waals surface area contributed by atoms with Gasteiger partial charge in [-0.15, -0.1) is 0 Å². The van der Waals surface area contributed by atoms with Gasteiger partial charge in [0.1, 0.15) is 0 Å². The minimum absolute atomic E-state index is 0.0546. The van der Waals surface area contributed by atoms with Crippen LogP contribution in [0.15, 0.2) is 48.5 Å². The fourth-order valence-electron chi connectivity index (χ4n) is 4.73. The number of ether oxygens (including phenoxy) is 3. The molecule has 0 saturated carbocycles. The van der Waals surface area contributed by atoms with E-state index in [9.17, 15) is 13.2 Å². The van der Waals surface area contributed by atoms with Gasteiger partial charge in [0, 0.05) is 23.5 Å². The number of hydrogen-bond acceptors (Lipinski definition) is 3. The van der Waals surface area contributed by atoms with Gasteiger partial charge < -0.3 is 14.2 Å². The van der Waals surface area contributed by atoms with Crippen LogP contribution in [0.4, 0.5) is 17.6 Å². The quantitative estimate of drug-likeness (QED) is 0.184. The van der Waals surface area contributed by atoms with Crippen LogP contribution in [0.2, 0.25) is 0 Å². The lowest BCUT2D eigenvalue weighted by Gasteiger charge is -2.29. The van der Waals surface area contributed by atoms with E-state index in [0.29, 0.717) is 36.7 Å². The van der Waals surface area contributed by atoms with Gasteiger partial charge in [-0.3, -0.25) is 0 Å². The van der Waals surface area contributed by atoms with Gasteiger partial charge in [0.05, 0.1) is 19.8 Å². The molecule has 0 N–H and O–H groups in total. The van der Waals surface area contributed by atoms with Gasteiger partial charge in [-0.2, -0.15) is 4.39 Å². The summed E-state index contributed by atoms with van der Waals surface area (Å²) >= 11 is 0. The van der Waals surface area contributed by atoms with Crippen molar-refractivity contribution in [1.82, 2.24) is 0 Å². The summed E-state index contributed by atoms with van der Waals surface area (Å²) in [5, 5.41) is 0. The predicted octanol–water partition coefficient (Wildman–Crippen LogP) is 8.48. The van der Waals surface area contributed by atoms with Crippen LogP contribution in [0.3, 0.4) is 0 Å². The van der Waals surface area contributed by atoms with Crippen LogP contribution < -0.4 is 4.74 Å². The molecule has 0 amide bonds. The molecular weight excluding hydrogens is 496 g/mol. The Balaban J connectivity index is 1.39. The van der Waals surface area contributed by atoms with Crippen LogP contribution in [0.1, 0.15) is 51.5 Å². The lowest BCUT2D eigenvalue weighted by molar-refractivity contribution is -0.203. The summed E-state index contributed by atoms with van der Waals surface area (Å²) in [7, 11) is 0. The van der Waals surface area contributed by atoms with Crippen molar-refractivity contribution in [2.75, 3.05) is 19.8 Å². The SMILES string of the molecule is CCCCCC1COC(CCc2ccc(-c3ccc(-c4ccc(OCC)c(F)c4F)cc3)c(F)c2F)OC1. The molecule has 1 heterocycles. The average molecular weight is 531 g/mol. The van der Waals surface area contributed by atoms with Crippen molar-refractivity contribution in [3.8, 4) is 28.0 Å². The van der Waals surface area contributed by atoms with Gasteiger partial charge in [0.25, 0.3) is 0 Å². The molecule has 7 heteroatoms. The van der Waals surface area contributed by atoms with E-state index in [2.05, 4.69) is 6.92 Å². The van der Waals surface area contributed by atoms with E-state index in [4.69, 9.17) is 14.2 Å².